The van der Waals surface area contributed by atoms with E-state index in [4.69, 9.17) is 6.42 Å². The molecule has 0 fully saturated rings. The van der Waals surface area contributed by atoms with E-state index in [0.717, 1.165) is 17.5 Å². The largest absolute Gasteiger partial charge is 0.351 e. The molecule has 23 heavy (non-hydrogen) atoms. The Hall–Kier alpha value is -3.01. The number of aromatic amines is 1. The SMILES string of the molecule is C#CCCC1(CCNC(=O)c2ccc(-c3cn[nH]c3)cn2)N=N1. The molecule has 2 aromatic rings. The lowest BCUT2D eigenvalue weighted by Gasteiger charge is -2.09. The fourth-order valence-corrected chi connectivity index (χ4v) is 2.24. The zero-order chi connectivity index (χ0) is 16.1. The molecule has 0 aromatic carbocycles. The van der Waals surface area contributed by atoms with E-state index in [-0.39, 0.29) is 11.6 Å². The number of rotatable bonds is 7. The van der Waals surface area contributed by atoms with Crippen LogP contribution >= 0.6 is 0 Å². The monoisotopic (exact) mass is 308 g/mol. The number of hydrogen-bond acceptors (Lipinski definition) is 5. The first-order valence-corrected chi connectivity index (χ1v) is 7.33. The minimum atomic E-state index is -0.377. The Morgan fingerprint density at radius 3 is 2.74 bits per heavy atom. The topological polar surface area (TPSA) is 95.4 Å². The molecule has 0 bridgehead atoms. The second-order valence-corrected chi connectivity index (χ2v) is 5.31. The number of aromatic nitrogens is 3. The molecule has 0 unspecified atom stereocenters. The summed E-state index contributed by atoms with van der Waals surface area (Å²) in [5.41, 5.74) is 1.83. The molecule has 116 valence electrons. The van der Waals surface area contributed by atoms with Gasteiger partial charge in [-0.15, -0.1) is 12.3 Å². The van der Waals surface area contributed by atoms with Crippen LogP contribution in [0.25, 0.3) is 11.1 Å². The fourth-order valence-electron chi connectivity index (χ4n) is 2.24. The number of pyridine rings is 1. The third kappa shape index (κ3) is 3.61. The summed E-state index contributed by atoms with van der Waals surface area (Å²) in [7, 11) is 0. The van der Waals surface area contributed by atoms with Gasteiger partial charge in [0.15, 0.2) is 5.66 Å². The van der Waals surface area contributed by atoms with Crippen LogP contribution in [0.5, 0.6) is 0 Å². The first-order valence-electron chi connectivity index (χ1n) is 7.33. The summed E-state index contributed by atoms with van der Waals surface area (Å²) in [4.78, 5) is 16.3. The number of nitrogens with one attached hydrogen (secondary N) is 2. The van der Waals surface area contributed by atoms with E-state index in [1.807, 2.05) is 6.07 Å². The number of terminal acetylenes is 1. The lowest BCUT2D eigenvalue weighted by molar-refractivity contribution is 0.0947. The molecule has 0 saturated carbocycles. The van der Waals surface area contributed by atoms with Gasteiger partial charge in [-0.3, -0.25) is 14.9 Å². The van der Waals surface area contributed by atoms with Crippen LogP contribution in [0.2, 0.25) is 0 Å². The molecule has 1 aliphatic rings. The van der Waals surface area contributed by atoms with E-state index in [9.17, 15) is 4.79 Å². The number of amides is 1. The van der Waals surface area contributed by atoms with Crippen molar-refractivity contribution in [3.05, 3.63) is 36.4 Å². The predicted molar refractivity (Wildman–Crippen MR) is 84.4 cm³/mol. The van der Waals surface area contributed by atoms with E-state index in [1.165, 1.54) is 0 Å². The number of H-pyrrole nitrogens is 1. The molecule has 2 N–H and O–H groups in total. The van der Waals surface area contributed by atoms with Crippen LogP contribution in [0.4, 0.5) is 0 Å². The van der Waals surface area contributed by atoms with Crippen molar-refractivity contribution in [1.82, 2.24) is 20.5 Å². The standard InChI is InChI=1S/C16H16N6O/c1-2-3-6-16(21-22-16)7-8-17-15(23)14-5-4-12(9-18-14)13-10-19-20-11-13/h1,4-5,9-11H,3,6-8H2,(H,17,23)(H,19,20). The van der Waals surface area contributed by atoms with Crippen molar-refractivity contribution in [2.75, 3.05) is 6.54 Å². The van der Waals surface area contributed by atoms with E-state index >= 15 is 0 Å². The van der Waals surface area contributed by atoms with Crippen molar-refractivity contribution < 1.29 is 4.79 Å². The summed E-state index contributed by atoms with van der Waals surface area (Å²) >= 11 is 0. The van der Waals surface area contributed by atoms with Gasteiger partial charge in [-0.2, -0.15) is 15.3 Å². The normalized spacial score (nSPS) is 14.2. The number of hydrogen-bond donors (Lipinski definition) is 2. The van der Waals surface area contributed by atoms with Gasteiger partial charge in [-0.25, -0.2) is 0 Å². The van der Waals surface area contributed by atoms with Crippen LogP contribution in [-0.2, 0) is 0 Å². The molecule has 0 spiro atoms. The lowest BCUT2D eigenvalue weighted by Crippen LogP contribution is -2.28. The maximum Gasteiger partial charge on any atom is 0.269 e. The quantitative estimate of drug-likeness (QED) is 0.767. The van der Waals surface area contributed by atoms with Gasteiger partial charge in [0.05, 0.1) is 6.20 Å². The van der Waals surface area contributed by atoms with Crippen molar-refractivity contribution in [2.24, 2.45) is 10.2 Å². The molecule has 7 heteroatoms. The maximum absolute atomic E-state index is 12.1. The lowest BCUT2D eigenvalue weighted by atomic mass is 10.0. The first-order chi connectivity index (χ1) is 11.2. The molecular formula is C16H16N6O. The van der Waals surface area contributed by atoms with Gasteiger partial charge in [0.2, 0.25) is 0 Å². The van der Waals surface area contributed by atoms with Gasteiger partial charge in [0.25, 0.3) is 5.91 Å². The Balaban J connectivity index is 1.50. The van der Waals surface area contributed by atoms with Gasteiger partial charge in [-0.05, 0) is 6.07 Å². The van der Waals surface area contributed by atoms with Crippen LogP contribution in [0.1, 0.15) is 29.8 Å². The summed E-state index contributed by atoms with van der Waals surface area (Å²) in [6.45, 7) is 0.488. The molecule has 1 amide bonds. The molecule has 7 nitrogen and oxygen atoms in total. The third-order valence-electron chi connectivity index (χ3n) is 3.69. The summed E-state index contributed by atoms with van der Waals surface area (Å²) in [5.74, 6) is 2.37. The van der Waals surface area contributed by atoms with Crippen molar-refractivity contribution in [1.29, 1.82) is 0 Å². The highest BCUT2D eigenvalue weighted by Crippen LogP contribution is 2.36. The van der Waals surface area contributed by atoms with Crippen LogP contribution in [0.3, 0.4) is 0 Å². The highest BCUT2D eigenvalue weighted by molar-refractivity contribution is 5.92. The third-order valence-corrected chi connectivity index (χ3v) is 3.69. The van der Waals surface area contributed by atoms with Crippen molar-refractivity contribution in [3.8, 4) is 23.5 Å². The minimum absolute atomic E-state index is 0.212. The van der Waals surface area contributed by atoms with Crippen molar-refractivity contribution in [2.45, 2.75) is 24.9 Å². The Morgan fingerprint density at radius 1 is 1.26 bits per heavy atom. The molecule has 3 heterocycles. The van der Waals surface area contributed by atoms with Crippen molar-refractivity contribution in [3.63, 3.8) is 0 Å². The Labute approximate surface area is 133 Å². The Bertz CT molecular complexity index is 736. The van der Waals surface area contributed by atoms with E-state index in [2.05, 4.69) is 36.6 Å². The second kappa shape index (κ2) is 6.40. The van der Waals surface area contributed by atoms with E-state index in [1.54, 1.807) is 24.7 Å². The zero-order valence-corrected chi connectivity index (χ0v) is 12.5. The van der Waals surface area contributed by atoms with Gasteiger partial charge in [0, 0.05) is 49.3 Å². The average Bonchev–Trinajstić information content (AvgIpc) is 3.13. The molecule has 2 aromatic heterocycles. The predicted octanol–water partition coefficient (Wildman–Crippen LogP) is 2.17. The Morgan fingerprint density at radius 2 is 2.13 bits per heavy atom. The molecule has 1 aliphatic heterocycles. The van der Waals surface area contributed by atoms with Gasteiger partial charge in [0.1, 0.15) is 5.69 Å². The molecule has 0 atom stereocenters. The van der Waals surface area contributed by atoms with Crippen LogP contribution < -0.4 is 5.32 Å². The molecule has 0 radical (unpaired) electrons. The summed E-state index contributed by atoms with van der Waals surface area (Å²) < 4.78 is 0. The minimum Gasteiger partial charge on any atom is -0.351 e. The van der Waals surface area contributed by atoms with Gasteiger partial charge >= 0.3 is 0 Å². The highest BCUT2D eigenvalue weighted by atomic mass is 16.1. The second-order valence-electron chi connectivity index (χ2n) is 5.31. The molecule has 0 aliphatic carbocycles. The summed E-state index contributed by atoms with van der Waals surface area (Å²) in [6.07, 6.45) is 12.4. The average molecular weight is 308 g/mol. The van der Waals surface area contributed by atoms with Crippen LogP contribution in [-0.4, -0.2) is 33.3 Å². The van der Waals surface area contributed by atoms with Gasteiger partial charge < -0.3 is 5.32 Å². The highest BCUT2D eigenvalue weighted by Gasteiger charge is 2.38. The van der Waals surface area contributed by atoms with Crippen LogP contribution in [0.15, 0.2) is 41.0 Å². The fraction of sp³-hybridized carbons (Fsp3) is 0.312. The van der Waals surface area contributed by atoms with Crippen molar-refractivity contribution >= 4 is 5.91 Å². The molecular weight excluding hydrogens is 292 g/mol. The van der Waals surface area contributed by atoms with E-state index < -0.39 is 0 Å². The van der Waals surface area contributed by atoms with Crippen LogP contribution in [0, 0.1) is 12.3 Å². The van der Waals surface area contributed by atoms with Gasteiger partial charge in [-0.1, -0.05) is 6.07 Å². The molecule has 0 saturated heterocycles. The maximum atomic E-state index is 12.1. The first kappa shape index (κ1) is 14.9. The molecule has 3 rings (SSSR count). The summed E-state index contributed by atoms with van der Waals surface area (Å²) in [5, 5.41) is 17.5. The number of carbonyl (C=O) groups excluding carboxylic acids is 1. The van der Waals surface area contributed by atoms with E-state index in [0.29, 0.717) is 25.1 Å². The zero-order valence-electron chi connectivity index (χ0n) is 12.5. The Kier molecular flexibility index (Phi) is 4.15. The number of carbonyl (C=O) groups is 1. The summed E-state index contributed by atoms with van der Waals surface area (Å²) in [6, 6.07) is 3.53. The number of nitrogens with zero attached hydrogens (tertiary/aromatic N) is 4. The smallest absolute Gasteiger partial charge is 0.269 e.